The zero-order valence-corrected chi connectivity index (χ0v) is 16.6. The van der Waals surface area contributed by atoms with E-state index in [0.29, 0.717) is 12.6 Å². The van der Waals surface area contributed by atoms with Crippen LogP contribution >= 0.6 is 0 Å². The number of hydrogen-bond donors (Lipinski definition) is 1. The molecule has 0 unspecified atom stereocenters. The first-order valence-electron chi connectivity index (χ1n) is 10.1. The Labute approximate surface area is 165 Å². The number of furan rings is 1. The van der Waals surface area contributed by atoms with Gasteiger partial charge in [-0.15, -0.1) is 0 Å². The molecule has 4 rings (SSSR count). The molecule has 28 heavy (non-hydrogen) atoms. The molecule has 1 aliphatic rings. The van der Waals surface area contributed by atoms with Gasteiger partial charge in [0.2, 0.25) is 5.95 Å². The number of nitrogens with zero attached hydrogens (tertiary/aromatic N) is 3. The van der Waals surface area contributed by atoms with Gasteiger partial charge in [-0.1, -0.05) is 0 Å². The van der Waals surface area contributed by atoms with Crippen molar-refractivity contribution in [2.24, 2.45) is 0 Å². The summed E-state index contributed by atoms with van der Waals surface area (Å²) in [5, 5.41) is 4.71. The zero-order chi connectivity index (χ0) is 19.3. The molecule has 3 aromatic rings. The molecule has 0 spiro atoms. The summed E-state index contributed by atoms with van der Waals surface area (Å²) in [7, 11) is 0. The van der Waals surface area contributed by atoms with Crippen molar-refractivity contribution in [2.45, 2.75) is 39.2 Å². The van der Waals surface area contributed by atoms with Gasteiger partial charge < -0.3 is 19.4 Å². The summed E-state index contributed by atoms with van der Waals surface area (Å²) in [6.07, 6.45) is 4.87. The van der Waals surface area contributed by atoms with E-state index in [1.165, 1.54) is 0 Å². The van der Waals surface area contributed by atoms with Crippen LogP contribution in [0.5, 0.6) is 5.75 Å². The number of ether oxygens (including phenoxy) is 1. The van der Waals surface area contributed by atoms with Crippen molar-refractivity contribution in [3.8, 4) is 5.75 Å². The van der Waals surface area contributed by atoms with Crippen molar-refractivity contribution in [3.63, 3.8) is 0 Å². The molecule has 1 N–H and O–H groups in total. The molecule has 1 saturated heterocycles. The topological polar surface area (TPSA) is 63.4 Å². The fraction of sp³-hybridized carbons (Fsp3) is 0.455. The van der Waals surface area contributed by atoms with Crippen LogP contribution in [0, 0.1) is 6.92 Å². The Morgan fingerprint density at radius 2 is 2.07 bits per heavy atom. The lowest BCUT2D eigenvalue weighted by atomic mass is 10.1. The molecule has 0 amide bonds. The van der Waals surface area contributed by atoms with Gasteiger partial charge in [-0.3, -0.25) is 0 Å². The first kappa shape index (κ1) is 18.7. The second kappa shape index (κ2) is 8.61. The van der Waals surface area contributed by atoms with Crippen LogP contribution in [-0.2, 0) is 6.42 Å². The van der Waals surface area contributed by atoms with Crippen LogP contribution in [0.25, 0.3) is 10.9 Å². The number of aryl methyl sites for hydroxylation is 1. The van der Waals surface area contributed by atoms with Gasteiger partial charge in [0, 0.05) is 37.5 Å². The number of rotatable bonds is 7. The van der Waals surface area contributed by atoms with E-state index in [2.05, 4.69) is 10.2 Å². The van der Waals surface area contributed by atoms with Crippen LogP contribution in [0.2, 0.25) is 0 Å². The van der Waals surface area contributed by atoms with Crippen LogP contribution in [0.4, 0.5) is 5.95 Å². The predicted octanol–water partition coefficient (Wildman–Crippen LogP) is 3.73. The highest BCUT2D eigenvalue weighted by atomic mass is 16.5. The molecule has 6 heteroatoms. The largest absolute Gasteiger partial charge is 0.494 e. The average Bonchev–Trinajstić information content (AvgIpc) is 3.23. The summed E-state index contributed by atoms with van der Waals surface area (Å²) in [6.45, 7) is 7.60. The van der Waals surface area contributed by atoms with Crippen LogP contribution in [0.1, 0.15) is 31.2 Å². The SMILES string of the molecule is CCOc1ccc2nc(N3CCC(NCCc4ccco4)CC3)nc(C)c2c1. The predicted molar refractivity (Wildman–Crippen MR) is 111 cm³/mol. The highest BCUT2D eigenvalue weighted by Crippen LogP contribution is 2.25. The Balaban J connectivity index is 1.36. The second-order valence-corrected chi connectivity index (χ2v) is 7.27. The smallest absolute Gasteiger partial charge is 0.226 e. The highest BCUT2D eigenvalue weighted by molar-refractivity contribution is 5.83. The van der Waals surface area contributed by atoms with Gasteiger partial charge in [-0.05, 0) is 57.0 Å². The lowest BCUT2D eigenvalue weighted by molar-refractivity contribution is 0.340. The van der Waals surface area contributed by atoms with E-state index in [9.17, 15) is 0 Å². The minimum atomic E-state index is 0.543. The van der Waals surface area contributed by atoms with Crippen LogP contribution in [-0.4, -0.2) is 42.3 Å². The number of benzene rings is 1. The van der Waals surface area contributed by atoms with Gasteiger partial charge in [-0.25, -0.2) is 9.97 Å². The van der Waals surface area contributed by atoms with E-state index < -0.39 is 0 Å². The van der Waals surface area contributed by atoms with Gasteiger partial charge in [0.25, 0.3) is 0 Å². The second-order valence-electron chi connectivity index (χ2n) is 7.27. The fourth-order valence-electron chi connectivity index (χ4n) is 3.78. The van der Waals surface area contributed by atoms with E-state index >= 15 is 0 Å². The Morgan fingerprint density at radius 3 is 2.82 bits per heavy atom. The molecule has 1 aromatic carbocycles. The van der Waals surface area contributed by atoms with Crippen LogP contribution in [0.3, 0.4) is 0 Å². The minimum absolute atomic E-state index is 0.543. The fourth-order valence-corrected chi connectivity index (χ4v) is 3.78. The van der Waals surface area contributed by atoms with Gasteiger partial charge in [0.1, 0.15) is 11.5 Å². The van der Waals surface area contributed by atoms with Crippen LogP contribution in [0.15, 0.2) is 41.0 Å². The van der Waals surface area contributed by atoms with E-state index in [4.69, 9.17) is 19.1 Å². The third-order valence-corrected chi connectivity index (χ3v) is 5.32. The molecule has 2 aromatic heterocycles. The molecule has 1 fully saturated rings. The molecule has 0 atom stereocenters. The Bertz CT molecular complexity index is 902. The van der Waals surface area contributed by atoms with Crippen molar-refractivity contribution < 1.29 is 9.15 Å². The van der Waals surface area contributed by atoms with E-state index in [-0.39, 0.29) is 0 Å². The highest BCUT2D eigenvalue weighted by Gasteiger charge is 2.21. The monoisotopic (exact) mass is 380 g/mol. The zero-order valence-electron chi connectivity index (χ0n) is 16.6. The summed E-state index contributed by atoms with van der Waals surface area (Å²) >= 11 is 0. The molecule has 0 aliphatic carbocycles. The number of hydrogen-bond acceptors (Lipinski definition) is 6. The Kier molecular flexibility index (Phi) is 5.76. The maximum atomic E-state index is 5.60. The lowest BCUT2D eigenvalue weighted by Crippen LogP contribution is -2.43. The first-order chi connectivity index (χ1) is 13.7. The molecule has 0 radical (unpaired) electrons. The maximum Gasteiger partial charge on any atom is 0.226 e. The summed E-state index contributed by atoms with van der Waals surface area (Å²) < 4.78 is 11.0. The lowest BCUT2D eigenvalue weighted by Gasteiger charge is -2.32. The normalized spacial score (nSPS) is 15.3. The molecular formula is C22H28N4O2. The van der Waals surface area contributed by atoms with E-state index in [0.717, 1.165) is 73.0 Å². The number of aromatic nitrogens is 2. The van der Waals surface area contributed by atoms with Crippen molar-refractivity contribution in [3.05, 3.63) is 48.0 Å². The minimum Gasteiger partial charge on any atom is -0.494 e. The summed E-state index contributed by atoms with van der Waals surface area (Å²) in [6, 6.07) is 10.6. The maximum absolute atomic E-state index is 5.60. The van der Waals surface area contributed by atoms with Gasteiger partial charge in [0.15, 0.2) is 0 Å². The van der Waals surface area contributed by atoms with Crippen LogP contribution < -0.4 is 15.0 Å². The third kappa shape index (κ3) is 4.28. The third-order valence-electron chi connectivity index (χ3n) is 5.32. The first-order valence-corrected chi connectivity index (χ1v) is 10.1. The Hall–Kier alpha value is -2.60. The Morgan fingerprint density at radius 1 is 1.21 bits per heavy atom. The van der Waals surface area contributed by atoms with Crippen molar-refractivity contribution in [2.75, 3.05) is 31.1 Å². The summed E-state index contributed by atoms with van der Waals surface area (Å²) in [5.74, 6) is 2.75. The standard InChI is InChI=1S/C22H28N4O2/c1-3-27-19-6-7-21-20(15-19)16(2)24-22(25-21)26-12-9-17(10-13-26)23-11-8-18-5-4-14-28-18/h4-7,14-15,17,23H,3,8-13H2,1-2H3. The molecule has 0 bridgehead atoms. The molecule has 3 heterocycles. The molecule has 6 nitrogen and oxygen atoms in total. The molecule has 148 valence electrons. The molecule has 0 saturated carbocycles. The van der Waals surface area contributed by atoms with E-state index in [1.54, 1.807) is 6.26 Å². The molecular weight excluding hydrogens is 352 g/mol. The average molecular weight is 380 g/mol. The van der Waals surface area contributed by atoms with Crippen molar-refractivity contribution >= 4 is 16.9 Å². The number of nitrogens with one attached hydrogen (secondary N) is 1. The molecule has 1 aliphatic heterocycles. The number of fused-ring (bicyclic) bond motifs is 1. The number of piperidine rings is 1. The van der Waals surface area contributed by atoms with E-state index in [1.807, 2.05) is 44.2 Å². The van der Waals surface area contributed by atoms with Gasteiger partial charge in [-0.2, -0.15) is 0 Å². The summed E-state index contributed by atoms with van der Waals surface area (Å²) in [5.41, 5.74) is 1.98. The quantitative estimate of drug-likeness (QED) is 0.674. The van der Waals surface area contributed by atoms with Crippen molar-refractivity contribution in [1.29, 1.82) is 0 Å². The van der Waals surface area contributed by atoms with Crippen molar-refractivity contribution in [1.82, 2.24) is 15.3 Å². The number of anilines is 1. The van der Waals surface area contributed by atoms with Gasteiger partial charge in [0.05, 0.1) is 24.1 Å². The van der Waals surface area contributed by atoms with Gasteiger partial charge >= 0.3 is 0 Å². The summed E-state index contributed by atoms with van der Waals surface area (Å²) in [4.78, 5) is 11.9.